The largest absolute Gasteiger partial charge is 0.478 e. The lowest BCUT2D eigenvalue weighted by atomic mass is 9.94. The van der Waals surface area contributed by atoms with Gasteiger partial charge in [-0.1, -0.05) is 18.2 Å². The molecular weight excluding hydrogens is 320 g/mol. The zero-order valence-electron chi connectivity index (χ0n) is 13.4. The highest BCUT2D eigenvalue weighted by molar-refractivity contribution is 7.10. The van der Waals surface area contributed by atoms with Crippen molar-refractivity contribution in [2.24, 2.45) is 0 Å². The minimum atomic E-state index is -0.841. The SMILES string of the molecule is O=C(O)c1csc(CN2CCCC(c3cc4ccccc4[nH]3)C2)c1. The maximum Gasteiger partial charge on any atom is 0.336 e. The molecule has 124 valence electrons. The number of carbonyl (C=O) groups is 1. The first kappa shape index (κ1) is 15.4. The zero-order chi connectivity index (χ0) is 16.5. The van der Waals surface area contributed by atoms with Gasteiger partial charge in [0, 0.05) is 40.5 Å². The summed E-state index contributed by atoms with van der Waals surface area (Å²) in [6.07, 6.45) is 2.38. The molecule has 1 fully saturated rings. The number of piperidine rings is 1. The van der Waals surface area contributed by atoms with Crippen LogP contribution in [-0.2, 0) is 6.54 Å². The third kappa shape index (κ3) is 3.09. The molecule has 0 amide bonds. The van der Waals surface area contributed by atoms with Gasteiger partial charge in [-0.2, -0.15) is 0 Å². The van der Waals surface area contributed by atoms with E-state index in [1.165, 1.54) is 29.4 Å². The van der Waals surface area contributed by atoms with Crippen LogP contribution in [-0.4, -0.2) is 34.0 Å². The van der Waals surface area contributed by atoms with Gasteiger partial charge in [0.05, 0.1) is 5.56 Å². The fraction of sp³-hybridized carbons (Fsp3) is 0.316. The van der Waals surface area contributed by atoms with E-state index in [4.69, 9.17) is 5.11 Å². The number of H-pyrrole nitrogens is 1. The van der Waals surface area contributed by atoms with Crippen LogP contribution < -0.4 is 0 Å². The van der Waals surface area contributed by atoms with E-state index in [-0.39, 0.29) is 0 Å². The molecule has 0 aliphatic carbocycles. The lowest BCUT2D eigenvalue weighted by molar-refractivity contribution is 0.0697. The molecule has 4 rings (SSSR count). The fourth-order valence-electron chi connectivity index (χ4n) is 3.56. The topological polar surface area (TPSA) is 56.3 Å². The van der Waals surface area contributed by atoms with Crippen LogP contribution in [0.15, 0.2) is 41.8 Å². The molecule has 1 unspecified atom stereocenters. The molecule has 0 radical (unpaired) electrons. The van der Waals surface area contributed by atoms with Gasteiger partial charge in [-0.05, 0) is 43.0 Å². The number of rotatable bonds is 4. The molecule has 0 saturated carbocycles. The standard InChI is InChI=1S/C19H20N2O2S/c22-19(23)15-8-16(24-12-15)11-21-7-3-5-14(10-21)18-9-13-4-1-2-6-17(13)20-18/h1-2,4,6,8-9,12,14,20H,3,5,7,10-11H2,(H,22,23). The van der Waals surface area contributed by atoms with Crippen LogP contribution in [0.5, 0.6) is 0 Å². The Bertz CT molecular complexity index is 834. The van der Waals surface area contributed by atoms with Gasteiger partial charge in [0.25, 0.3) is 0 Å². The average molecular weight is 340 g/mol. The van der Waals surface area contributed by atoms with Gasteiger partial charge in [-0.15, -0.1) is 11.3 Å². The number of carboxylic acid groups (broad SMARTS) is 1. The maximum atomic E-state index is 11.0. The molecule has 0 bridgehead atoms. The second-order valence-corrected chi connectivity index (χ2v) is 7.49. The normalized spacial score (nSPS) is 18.9. The molecule has 1 aliphatic heterocycles. The average Bonchev–Trinajstić information content (AvgIpc) is 3.21. The molecular formula is C19H20N2O2S. The van der Waals surface area contributed by atoms with Crippen molar-refractivity contribution in [3.05, 3.63) is 57.9 Å². The number of para-hydroxylation sites is 1. The maximum absolute atomic E-state index is 11.0. The summed E-state index contributed by atoms with van der Waals surface area (Å²) in [4.78, 5) is 18.2. The second kappa shape index (κ2) is 6.42. The Morgan fingerprint density at radius 1 is 1.33 bits per heavy atom. The van der Waals surface area contributed by atoms with Crippen molar-refractivity contribution in [3.63, 3.8) is 0 Å². The van der Waals surface area contributed by atoms with E-state index in [1.807, 2.05) is 0 Å². The third-order valence-electron chi connectivity index (χ3n) is 4.78. The molecule has 2 aromatic heterocycles. The van der Waals surface area contributed by atoms with Gasteiger partial charge < -0.3 is 10.1 Å². The molecule has 5 heteroatoms. The Hall–Kier alpha value is -2.11. The second-order valence-electron chi connectivity index (χ2n) is 6.49. The van der Waals surface area contributed by atoms with Gasteiger partial charge in [-0.25, -0.2) is 4.79 Å². The van der Waals surface area contributed by atoms with Gasteiger partial charge in [0.15, 0.2) is 0 Å². The number of hydrogen-bond acceptors (Lipinski definition) is 3. The third-order valence-corrected chi connectivity index (χ3v) is 5.70. The van der Waals surface area contributed by atoms with E-state index in [0.29, 0.717) is 11.5 Å². The summed E-state index contributed by atoms with van der Waals surface area (Å²) in [6, 6.07) is 12.5. The van der Waals surface area contributed by atoms with Crippen molar-refractivity contribution in [1.29, 1.82) is 0 Å². The number of likely N-dealkylation sites (tertiary alicyclic amines) is 1. The number of nitrogens with zero attached hydrogens (tertiary/aromatic N) is 1. The van der Waals surface area contributed by atoms with Crippen LogP contribution in [0.4, 0.5) is 0 Å². The molecule has 1 aliphatic rings. The first-order valence-corrected chi connectivity index (χ1v) is 9.18. The molecule has 1 saturated heterocycles. The van der Waals surface area contributed by atoms with Crippen LogP contribution in [0.25, 0.3) is 10.9 Å². The summed E-state index contributed by atoms with van der Waals surface area (Å²) in [5.74, 6) is -0.322. The van der Waals surface area contributed by atoms with Crippen molar-refractivity contribution >= 4 is 28.2 Å². The van der Waals surface area contributed by atoms with Crippen molar-refractivity contribution in [1.82, 2.24) is 9.88 Å². The Balaban J connectivity index is 1.47. The monoisotopic (exact) mass is 340 g/mol. The number of benzene rings is 1. The van der Waals surface area contributed by atoms with E-state index in [0.717, 1.165) is 24.5 Å². The molecule has 1 aromatic carbocycles. The van der Waals surface area contributed by atoms with E-state index in [2.05, 4.69) is 40.2 Å². The van der Waals surface area contributed by atoms with Crippen molar-refractivity contribution in [2.45, 2.75) is 25.3 Å². The quantitative estimate of drug-likeness (QED) is 0.744. The first-order chi connectivity index (χ1) is 11.7. The van der Waals surface area contributed by atoms with Crippen molar-refractivity contribution < 1.29 is 9.90 Å². The fourth-order valence-corrected chi connectivity index (χ4v) is 4.46. The number of fused-ring (bicyclic) bond motifs is 1. The van der Waals surface area contributed by atoms with E-state index >= 15 is 0 Å². The van der Waals surface area contributed by atoms with Crippen LogP contribution in [0.1, 0.15) is 39.7 Å². The smallest absolute Gasteiger partial charge is 0.336 e. The number of aromatic amines is 1. The predicted octanol–water partition coefficient (Wildman–Crippen LogP) is 4.31. The van der Waals surface area contributed by atoms with E-state index < -0.39 is 5.97 Å². The van der Waals surface area contributed by atoms with Gasteiger partial charge in [-0.3, -0.25) is 4.90 Å². The Morgan fingerprint density at radius 2 is 2.21 bits per heavy atom. The summed E-state index contributed by atoms with van der Waals surface area (Å²) in [6.45, 7) is 2.94. The predicted molar refractivity (Wildman–Crippen MR) is 96.8 cm³/mol. The van der Waals surface area contributed by atoms with Crippen LogP contribution in [0, 0.1) is 0 Å². The summed E-state index contributed by atoms with van der Waals surface area (Å²) in [5.41, 5.74) is 2.92. The molecule has 2 N–H and O–H groups in total. The van der Waals surface area contributed by atoms with Crippen LogP contribution in [0.2, 0.25) is 0 Å². The van der Waals surface area contributed by atoms with Gasteiger partial charge in [0.2, 0.25) is 0 Å². The number of hydrogen-bond donors (Lipinski definition) is 2. The summed E-state index contributed by atoms with van der Waals surface area (Å²) in [7, 11) is 0. The number of nitrogens with one attached hydrogen (secondary N) is 1. The Labute approximate surface area is 144 Å². The van der Waals surface area contributed by atoms with Crippen LogP contribution >= 0.6 is 11.3 Å². The van der Waals surface area contributed by atoms with Gasteiger partial charge in [0.1, 0.15) is 0 Å². The highest BCUT2D eigenvalue weighted by atomic mass is 32.1. The van der Waals surface area contributed by atoms with Gasteiger partial charge >= 0.3 is 5.97 Å². The minimum Gasteiger partial charge on any atom is -0.478 e. The molecule has 3 heterocycles. The van der Waals surface area contributed by atoms with E-state index in [1.54, 1.807) is 22.8 Å². The molecule has 4 nitrogen and oxygen atoms in total. The lowest BCUT2D eigenvalue weighted by Crippen LogP contribution is -2.33. The molecule has 24 heavy (non-hydrogen) atoms. The molecule has 0 spiro atoms. The number of thiophene rings is 1. The highest BCUT2D eigenvalue weighted by Gasteiger charge is 2.23. The first-order valence-electron chi connectivity index (χ1n) is 8.30. The lowest BCUT2D eigenvalue weighted by Gasteiger charge is -2.32. The van der Waals surface area contributed by atoms with E-state index in [9.17, 15) is 4.79 Å². The Kier molecular flexibility index (Phi) is 4.12. The van der Waals surface area contributed by atoms with Crippen LogP contribution in [0.3, 0.4) is 0 Å². The number of aromatic carboxylic acids is 1. The Morgan fingerprint density at radius 3 is 3.00 bits per heavy atom. The highest BCUT2D eigenvalue weighted by Crippen LogP contribution is 2.30. The van der Waals surface area contributed by atoms with Crippen molar-refractivity contribution in [3.8, 4) is 0 Å². The molecule has 1 atom stereocenters. The van der Waals surface area contributed by atoms with Crippen molar-refractivity contribution in [2.75, 3.05) is 13.1 Å². The zero-order valence-corrected chi connectivity index (χ0v) is 14.2. The summed E-state index contributed by atoms with van der Waals surface area (Å²) >= 11 is 1.54. The number of aromatic nitrogens is 1. The number of carboxylic acids is 1. The summed E-state index contributed by atoms with van der Waals surface area (Å²) < 4.78 is 0. The summed E-state index contributed by atoms with van der Waals surface area (Å²) in [5, 5.41) is 12.1. The minimum absolute atomic E-state index is 0.402. The molecule has 3 aromatic rings.